The molecule has 8 heteroatoms. The van der Waals surface area contributed by atoms with Crippen LogP contribution < -0.4 is 27.9 Å². The lowest BCUT2D eigenvalue weighted by Crippen LogP contribution is -2.68. The van der Waals surface area contributed by atoms with Crippen LogP contribution in [0, 0.1) is 24.1 Å². The highest BCUT2D eigenvalue weighted by Crippen LogP contribution is 2.47. The summed E-state index contributed by atoms with van der Waals surface area (Å²) in [6, 6.07) is 29.6. The minimum absolute atomic E-state index is 0.921. The molecule has 0 N–H and O–H groups in total. The van der Waals surface area contributed by atoms with Gasteiger partial charge >= 0.3 is 0 Å². The lowest BCUT2D eigenvalue weighted by molar-refractivity contribution is -2.00. The van der Waals surface area contributed by atoms with E-state index < -0.39 is 10.2 Å². The molecule has 0 saturated carbocycles. The van der Waals surface area contributed by atoms with Crippen LogP contribution in [-0.2, 0) is 0 Å². The van der Waals surface area contributed by atoms with Gasteiger partial charge in [0.2, 0.25) is 5.69 Å². The van der Waals surface area contributed by atoms with E-state index in [0.29, 0.717) is 0 Å². The first kappa shape index (κ1) is 23.3. The van der Waals surface area contributed by atoms with Gasteiger partial charge in [-0.1, -0.05) is 54.2 Å². The van der Waals surface area contributed by atoms with Gasteiger partial charge in [-0.3, -0.25) is 0 Å². The number of nitrogens with zero attached hydrogens (tertiary/aromatic N) is 1. The summed E-state index contributed by atoms with van der Waals surface area (Å²) in [4.78, 5) is 2.31. The van der Waals surface area contributed by atoms with Gasteiger partial charge in [-0.2, -0.15) is 4.57 Å². The summed E-state index contributed by atoms with van der Waals surface area (Å²) in [5.41, 5.74) is 6.06. The van der Waals surface area contributed by atoms with Crippen LogP contribution in [-0.4, -0.2) is 0 Å². The molecule has 4 aromatic rings. The highest BCUT2D eigenvalue weighted by molar-refractivity contribution is 7.99. The Hall–Kier alpha value is -2.91. The lowest BCUT2D eigenvalue weighted by atomic mass is 10.0. The van der Waals surface area contributed by atoms with E-state index in [1.807, 2.05) is 12.1 Å². The van der Waals surface area contributed by atoms with Gasteiger partial charge < -0.3 is 4.74 Å². The van der Waals surface area contributed by atoms with Crippen molar-refractivity contribution in [2.45, 2.75) is 23.6 Å². The molecule has 0 saturated heterocycles. The first-order valence-electron chi connectivity index (χ1n) is 9.99. The molecule has 0 amide bonds. The quantitative estimate of drug-likeness (QED) is 0.356. The van der Waals surface area contributed by atoms with Crippen molar-refractivity contribution in [3.8, 4) is 28.3 Å². The molecule has 0 aliphatic carbocycles. The standard InChI is InChI=1S/C25H20NOS.ClHO4/c1-17-14-20(19-8-4-3-5-9-19)15-18(2)26(17)21-12-13-23-25(16-21)28-24-11-7-6-10-22(24)27-23;2-1(3,4)5/h3-16H,1-2H3;(H,2,3,4,5)/q+1;/p-1. The van der Waals surface area contributed by atoms with Crippen molar-refractivity contribution in [1.82, 2.24) is 0 Å². The van der Waals surface area contributed by atoms with Crippen molar-refractivity contribution >= 4 is 11.8 Å². The van der Waals surface area contributed by atoms with E-state index in [1.165, 1.54) is 22.5 Å². The molecule has 6 nitrogen and oxygen atoms in total. The Kier molecular flexibility index (Phi) is 6.71. The van der Waals surface area contributed by atoms with Gasteiger partial charge in [-0.15, -0.1) is 10.2 Å². The number of pyridine rings is 1. The normalized spacial score (nSPS) is 12.1. The van der Waals surface area contributed by atoms with E-state index in [9.17, 15) is 0 Å². The zero-order chi connectivity index (χ0) is 23.6. The van der Waals surface area contributed by atoms with Gasteiger partial charge in [-0.05, 0) is 29.3 Å². The minimum atomic E-state index is -4.94. The van der Waals surface area contributed by atoms with Crippen LogP contribution in [0.5, 0.6) is 11.5 Å². The molecule has 2 heterocycles. The third-order valence-electron chi connectivity index (χ3n) is 5.02. The SMILES string of the molecule is Cc1cc(-c2ccccc2)cc(C)[n+]1-c1ccc2c(c1)Sc1ccccc1O2.[O-][Cl+3]([O-])([O-])[O-]. The first-order valence-corrected chi connectivity index (χ1v) is 12.0. The molecule has 1 aliphatic rings. The van der Waals surface area contributed by atoms with Crippen LogP contribution in [0.4, 0.5) is 0 Å². The van der Waals surface area contributed by atoms with E-state index in [4.69, 9.17) is 23.4 Å². The smallest absolute Gasteiger partial charge is 0.212 e. The fraction of sp³-hybridized carbons (Fsp3) is 0.0800. The highest BCUT2D eigenvalue weighted by atomic mass is 35.7. The van der Waals surface area contributed by atoms with Crippen LogP contribution in [0.3, 0.4) is 0 Å². The molecular weight excluding hydrogens is 462 g/mol. The number of halogens is 1. The molecule has 0 radical (unpaired) electrons. The molecule has 3 aromatic carbocycles. The molecule has 5 rings (SSSR count). The Bertz CT molecular complexity index is 1260. The van der Waals surface area contributed by atoms with Crippen LogP contribution in [0.25, 0.3) is 16.8 Å². The number of fused-ring (bicyclic) bond motifs is 2. The second-order valence-electron chi connectivity index (χ2n) is 7.39. The Morgan fingerprint density at radius 2 is 1.24 bits per heavy atom. The number of benzene rings is 3. The summed E-state index contributed by atoms with van der Waals surface area (Å²) in [7, 11) is -4.94. The maximum Gasteiger partial charge on any atom is 0.212 e. The number of hydrogen-bond acceptors (Lipinski definition) is 6. The molecule has 0 bridgehead atoms. The molecule has 0 atom stereocenters. The van der Waals surface area contributed by atoms with Gasteiger partial charge in [0.05, 0.1) is 9.79 Å². The Morgan fingerprint density at radius 3 is 1.91 bits per heavy atom. The number of hydrogen-bond donors (Lipinski definition) is 0. The summed E-state index contributed by atoms with van der Waals surface area (Å²) in [6.45, 7) is 4.33. The number of rotatable bonds is 2. The summed E-state index contributed by atoms with van der Waals surface area (Å²) in [5.74, 6) is 1.85. The van der Waals surface area contributed by atoms with Crippen LogP contribution in [0.2, 0.25) is 0 Å². The van der Waals surface area contributed by atoms with Crippen molar-refractivity contribution < 1.29 is 38.2 Å². The van der Waals surface area contributed by atoms with Crippen molar-refractivity contribution in [2.75, 3.05) is 0 Å². The summed E-state index contributed by atoms with van der Waals surface area (Å²) in [6.07, 6.45) is 0. The zero-order valence-corrected chi connectivity index (χ0v) is 19.4. The molecule has 0 fully saturated rings. The topological polar surface area (TPSA) is 105 Å². The van der Waals surface area contributed by atoms with Gasteiger partial charge in [0.15, 0.2) is 11.4 Å². The minimum Gasteiger partial charge on any atom is -0.455 e. The van der Waals surface area contributed by atoms with Crippen molar-refractivity contribution in [3.63, 3.8) is 0 Å². The average Bonchev–Trinajstić information content (AvgIpc) is 2.76. The van der Waals surface area contributed by atoms with Crippen LogP contribution in [0.1, 0.15) is 11.4 Å². The summed E-state index contributed by atoms with van der Waals surface area (Å²) in [5, 5.41) is 0. The third kappa shape index (κ3) is 5.72. The average molecular weight is 482 g/mol. The Balaban J connectivity index is 0.000000471. The highest BCUT2D eigenvalue weighted by Gasteiger charge is 2.22. The lowest BCUT2D eigenvalue weighted by Gasteiger charge is -2.19. The molecule has 168 valence electrons. The number of aromatic nitrogens is 1. The predicted molar refractivity (Wildman–Crippen MR) is 114 cm³/mol. The number of aryl methyl sites for hydroxylation is 2. The molecule has 33 heavy (non-hydrogen) atoms. The number of para-hydroxylation sites is 1. The fourth-order valence-corrected chi connectivity index (χ4v) is 4.74. The Morgan fingerprint density at radius 1 is 0.667 bits per heavy atom. The van der Waals surface area contributed by atoms with E-state index in [1.54, 1.807) is 11.8 Å². The largest absolute Gasteiger partial charge is 0.455 e. The van der Waals surface area contributed by atoms with E-state index in [0.717, 1.165) is 27.0 Å². The number of ether oxygens (including phenoxy) is 1. The van der Waals surface area contributed by atoms with Crippen molar-refractivity contribution in [2.24, 2.45) is 0 Å². The second kappa shape index (κ2) is 9.52. The second-order valence-corrected chi connectivity index (χ2v) is 9.23. The summed E-state index contributed by atoms with van der Waals surface area (Å²) >= 11 is 1.76. The van der Waals surface area contributed by atoms with Gasteiger partial charge in [0.1, 0.15) is 11.5 Å². The van der Waals surface area contributed by atoms with Crippen molar-refractivity contribution in [3.05, 3.63) is 96.3 Å². The molecule has 0 unspecified atom stereocenters. The summed E-state index contributed by atoms with van der Waals surface area (Å²) < 4.78 is 42.3. The van der Waals surface area contributed by atoms with Crippen LogP contribution in [0.15, 0.2) is 94.7 Å². The third-order valence-corrected chi connectivity index (χ3v) is 6.11. The molecule has 0 spiro atoms. The van der Waals surface area contributed by atoms with Crippen molar-refractivity contribution in [1.29, 1.82) is 0 Å². The first-order chi connectivity index (χ1) is 15.7. The van der Waals surface area contributed by atoms with Gasteiger partial charge in [-0.25, -0.2) is 18.6 Å². The molecular formula is C25H20ClNO5S. The van der Waals surface area contributed by atoms with E-state index >= 15 is 0 Å². The van der Waals surface area contributed by atoms with Gasteiger partial charge in [0.25, 0.3) is 0 Å². The maximum atomic E-state index is 8.49. The van der Waals surface area contributed by atoms with Gasteiger partial charge in [0, 0.05) is 38.1 Å². The zero-order valence-electron chi connectivity index (χ0n) is 17.9. The maximum absolute atomic E-state index is 8.49. The fourth-order valence-electron chi connectivity index (χ4n) is 3.76. The molecule has 1 aromatic heterocycles. The van der Waals surface area contributed by atoms with E-state index in [-0.39, 0.29) is 0 Å². The predicted octanol–water partition coefficient (Wildman–Crippen LogP) is 1.75. The molecule has 1 aliphatic heterocycles. The Labute approximate surface area is 198 Å². The monoisotopic (exact) mass is 481 g/mol. The van der Waals surface area contributed by atoms with E-state index in [2.05, 4.69) is 91.2 Å². The van der Waals surface area contributed by atoms with Crippen LogP contribution >= 0.6 is 11.8 Å².